The maximum absolute atomic E-state index is 12.9. The minimum absolute atomic E-state index is 0.0760. The molecule has 1 aromatic carbocycles. The average Bonchev–Trinajstić information content (AvgIpc) is 2.79. The molecule has 116 valence electrons. The Balaban J connectivity index is 1.89. The predicted octanol–water partition coefficient (Wildman–Crippen LogP) is 2.55. The molecule has 0 amide bonds. The topological polar surface area (TPSA) is 49.4 Å². The lowest BCUT2D eigenvalue weighted by atomic mass is 10.0. The Labute approximate surface area is 131 Å². The standard InChI is InChI=1S/C15H21ClN2O2S/c1-10-14(16)4-3-5-15(10)21(19,20)18(2)13-8-11-6-7-12(9-13)17-11/h3-5,11-13,17H,6-9H2,1-2H3. The van der Waals surface area contributed by atoms with Gasteiger partial charge in [0.2, 0.25) is 10.0 Å². The number of nitrogens with zero attached hydrogens (tertiary/aromatic N) is 1. The zero-order valence-corrected chi connectivity index (χ0v) is 13.9. The van der Waals surface area contributed by atoms with E-state index in [0.29, 0.717) is 27.6 Å². The van der Waals surface area contributed by atoms with Gasteiger partial charge >= 0.3 is 0 Å². The Bertz CT molecular complexity index is 635. The lowest BCUT2D eigenvalue weighted by Crippen LogP contribution is -2.48. The van der Waals surface area contributed by atoms with Gasteiger partial charge in [-0.15, -0.1) is 0 Å². The van der Waals surface area contributed by atoms with Gasteiger partial charge in [-0.25, -0.2) is 8.42 Å². The zero-order chi connectivity index (χ0) is 15.2. The third-order valence-corrected chi connectivity index (χ3v) is 7.30. The summed E-state index contributed by atoms with van der Waals surface area (Å²) >= 11 is 6.07. The lowest BCUT2D eigenvalue weighted by molar-refractivity contribution is 0.251. The van der Waals surface area contributed by atoms with Crippen molar-refractivity contribution in [3.63, 3.8) is 0 Å². The number of rotatable bonds is 3. The first-order valence-corrected chi connectivity index (χ1v) is 9.20. The second kappa shape index (κ2) is 5.54. The molecule has 2 heterocycles. The molecule has 1 N–H and O–H groups in total. The van der Waals surface area contributed by atoms with Gasteiger partial charge in [0.05, 0.1) is 4.90 Å². The highest BCUT2D eigenvalue weighted by atomic mass is 35.5. The first-order valence-electron chi connectivity index (χ1n) is 7.39. The van der Waals surface area contributed by atoms with Gasteiger partial charge in [0.25, 0.3) is 0 Å². The van der Waals surface area contributed by atoms with E-state index in [1.54, 1.807) is 36.5 Å². The first-order chi connectivity index (χ1) is 9.89. The van der Waals surface area contributed by atoms with E-state index in [9.17, 15) is 8.42 Å². The number of piperidine rings is 1. The summed E-state index contributed by atoms with van der Waals surface area (Å²) in [6.07, 6.45) is 4.11. The summed E-state index contributed by atoms with van der Waals surface area (Å²) in [7, 11) is -1.79. The van der Waals surface area contributed by atoms with Crippen molar-refractivity contribution in [3.05, 3.63) is 28.8 Å². The summed E-state index contributed by atoms with van der Waals surface area (Å²) in [6.45, 7) is 1.76. The van der Waals surface area contributed by atoms with E-state index in [1.165, 1.54) is 0 Å². The summed E-state index contributed by atoms with van der Waals surface area (Å²) in [5.41, 5.74) is 0.628. The molecule has 2 aliphatic rings. The van der Waals surface area contributed by atoms with Crippen LogP contribution in [0.2, 0.25) is 5.02 Å². The van der Waals surface area contributed by atoms with Crippen molar-refractivity contribution < 1.29 is 8.42 Å². The lowest BCUT2D eigenvalue weighted by Gasteiger charge is -2.35. The summed E-state index contributed by atoms with van der Waals surface area (Å²) in [4.78, 5) is 0.323. The summed E-state index contributed by atoms with van der Waals surface area (Å²) in [6, 6.07) is 6.07. The van der Waals surface area contributed by atoms with Gasteiger partial charge in [-0.2, -0.15) is 4.31 Å². The number of halogens is 1. The summed E-state index contributed by atoms with van der Waals surface area (Å²) < 4.78 is 27.3. The Hall–Kier alpha value is -0.620. The molecule has 2 atom stereocenters. The molecule has 2 fully saturated rings. The van der Waals surface area contributed by atoms with E-state index >= 15 is 0 Å². The predicted molar refractivity (Wildman–Crippen MR) is 84.1 cm³/mol. The third-order valence-electron chi connectivity index (χ3n) is 4.84. The molecule has 0 aromatic heterocycles. The normalized spacial score (nSPS) is 29.0. The third kappa shape index (κ3) is 2.72. The van der Waals surface area contributed by atoms with Crippen LogP contribution in [0.4, 0.5) is 0 Å². The van der Waals surface area contributed by atoms with Gasteiger partial charge in [-0.05, 0) is 50.3 Å². The fraction of sp³-hybridized carbons (Fsp3) is 0.600. The maximum atomic E-state index is 12.9. The van der Waals surface area contributed by atoms with Crippen molar-refractivity contribution in [3.8, 4) is 0 Å². The Morgan fingerprint density at radius 2 is 1.86 bits per heavy atom. The van der Waals surface area contributed by atoms with Crippen molar-refractivity contribution >= 4 is 21.6 Å². The van der Waals surface area contributed by atoms with Crippen molar-refractivity contribution in [2.24, 2.45) is 0 Å². The van der Waals surface area contributed by atoms with Crippen LogP contribution in [-0.2, 0) is 10.0 Å². The van der Waals surface area contributed by atoms with Crippen molar-refractivity contribution in [1.82, 2.24) is 9.62 Å². The van der Waals surface area contributed by atoms with E-state index in [4.69, 9.17) is 11.6 Å². The molecule has 4 nitrogen and oxygen atoms in total. The molecule has 3 rings (SSSR count). The van der Waals surface area contributed by atoms with Gasteiger partial charge in [0.15, 0.2) is 0 Å². The molecule has 6 heteroatoms. The Kier molecular flexibility index (Phi) is 4.03. The smallest absolute Gasteiger partial charge is 0.243 e. The van der Waals surface area contributed by atoms with Gasteiger partial charge in [0.1, 0.15) is 0 Å². The zero-order valence-electron chi connectivity index (χ0n) is 12.3. The molecule has 0 saturated carbocycles. The molecule has 2 aliphatic heterocycles. The fourth-order valence-corrected chi connectivity index (χ4v) is 5.40. The van der Waals surface area contributed by atoms with Crippen molar-refractivity contribution in [1.29, 1.82) is 0 Å². The highest BCUT2D eigenvalue weighted by Crippen LogP contribution is 2.33. The van der Waals surface area contributed by atoms with Crippen LogP contribution < -0.4 is 5.32 Å². The highest BCUT2D eigenvalue weighted by molar-refractivity contribution is 7.89. The Morgan fingerprint density at radius 1 is 1.24 bits per heavy atom. The maximum Gasteiger partial charge on any atom is 0.243 e. The highest BCUT2D eigenvalue weighted by Gasteiger charge is 2.39. The molecule has 2 bridgehead atoms. The van der Waals surface area contributed by atoms with Crippen molar-refractivity contribution in [2.75, 3.05) is 7.05 Å². The molecule has 1 aromatic rings. The van der Waals surface area contributed by atoms with Gasteiger partial charge in [-0.1, -0.05) is 17.7 Å². The van der Waals surface area contributed by atoms with Crippen LogP contribution in [0, 0.1) is 6.92 Å². The molecule has 21 heavy (non-hydrogen) atoms. The van der Waals surface area contributed by atoms with E-state index in [-0.39, 0.29) is 6.04 Å². The van der Waals surface area contributed by atoms with E-state index in [0.717, 1.165) is 25.7 Å². The van der Waals surface area contributed by atoms with Gasteiger partial charge in [-0.3, -0.25) is 0 Å². The molecule has 2 saturated heterocycles. The monoisotopic (exact) mass is 328 g/mol. The van der Waals surface area contributed by atoms with Crippen LogP contribution in [0.5, 0.6) is 0 Å². The average molecular weight is 329 g/mol. The summed E-state index contributed by atoms with van der Waals surface area (Å²) in [5, 5.41) is 4.04. The largest absolute Gasteiger partial charge is 0.311 e. The molecule has 0 spiro atoms. The SMILES string of the molecule is Cc1c(Cl)cccc1S(=O)(=O)N(C)C1CC2CCC(C1)N2. The van der Waals surface area contributed by atoms with Gasteiger partial charge < -0.3 is 5.32 Å². The van der Waals surface area contributed by atoms with Crippen LogP contribution in [0.3, 0.4) is 0 Å². The number of fused-ring (bicyclic) bond motifs is 2. The van der Waals surface area contributed by atoms with Crippen LogP contribution in [0.15, 0.2) is 23.1 Å². The number of sulfonamides is 1. The second-order valence-electron chi connectivity index (χ2n) is 6.15. The molecular weight excluding hydrogens is 308 g/mol. The van der Waals surface area contributed by atoms with Gasteiger partial charge in [0, 0.05) is 30.2 Å². The number of nitrogens with one attached hydrogen (secondary N) is 1. The number of benzene rings is 1. The minimum atomic E-state index is -3.49. The van der Waals surface area contributed by atoms with E-state index < -0.39 is 10.0 Å². The number of hydrogen-bond donors (Lipinski definition) is 1. The van der Waals surface area contributed by atoms with Crippen molar-refractivity contribution in [2.45, 2.75) is 55.6 Å². The molecule has 2 unspecified atom stereocenters. The van der Waals surface area contributed by atoms with Crippen LogP contribution in [0.1, 0.15) is 31.2 Å². The van der Waals surface area contributed by atoms with Crippen LogP contribution in [-0.4, -0.2) is 37.9 Å². The molecule has 0 aliphatic carbocycles. The fourth-order valence-electron chi connectivity index (χ4n) is 3.54. The van der Waals surface area contributed by atoms with Crippen LogP contribution >= 0.6 is 11.6 Å². The first kappa shape index (κ1) is 15.3. The minimum Gasteiger partial charge on any atom is -0.311 e. The molecular formula is C15H21ClN2O2S. The van der Waals surface area contributed by atoms with E-state index in [2.05, 4.69) is 5.32 Å². The number of hydrogen-bond acceptors (Lipinski definition) is 3. The van der Waals surface area contributed by atoms with E-state index in [1.807, 2.05) is 0 Å². The quantitative estimate of drug-likeness (QED) is 0.927. The second-order valence-corrected chi connectivity index (χ2v) is 8.52. The molecule has 0 radical (unpaired) electrons. The Morgan fingerprint density at radius 3 is 2.48 bits per heavy atom. The summed E-state index contributed by atoms with van der Waals surface area (Å²) in [5.74, 6) is 0. The van der Waals surface area contributed by atoms with Crippen LogP contribution in [0.25, 0.3) is 0 Å².